The van der Waals surface area contributed by atoms with Crippen LogP contribution in [0.4, 0.5) is 5.69 Å². The standard InChI is InChI=1S/C19H26N2O3/c1-2-14-6-4-10-21(13-14)19(23)15-7-3-8-16(12-15)20-18(22)17-9-5-11-24-17/h3,7-8,12,14,17H,2,4-6,9-11,13H2,1H3,(H,20,22)/t14-,17+/m1/s1. The molecule has 2 heterocycles. The predicted octanol–water partition coefficient (Wildman–Crippen LogP) is 3.07. The van der Waals surface area contributed by atoms with E-state index in [0.29, 0.717) is 23.8 Å². The minimum atomic E-state index is -0.364. The Balaban J connectivity index is 1.65. The van der Waals surface area contributed by atoms with E-state index in [1.54, 1.807) is 6.07 Å². The van der Waals surface area contributed by atoms with Crippen LogP contribution in [-0.4, -0.2) is 42.5 Å². The number of hydrogen-bond acceptors (Lipinski definition) is 3. The van der Waals surface area contributed by atoms with Gasteiger partial charge in [-0.3, -0.25) is 9.59 Å². The summed E-state index contributed by atoms with van der Waals surface area (Å²) >= 11 is 0. The highest BCUT2D eigenvalue weighted by atomic mass is 16.5. The summed E-state index contributed by atoms with van der Waals surface area (Å²) in [6.07, 6.45) is 4.70. The molecule has 0 aromatic heterocycles. The van der Waals surface area contributed by atoms with E-state index in [-0.39, 0.29) is 17.9 Å². The van der Waals surface area contributed by atoms with Gasteiger partial charge in [-0.1, -0.05) is 19.4 Å². The minimum Gasteiger partial charge on any atom is -0.368 e. The van der Waals surface area contributed by atoms with Gasteiger partial charge >= 0.3 is 0 Å². The summed E-state index contributed by atoms with van der Waals surface area (Å²) in [5.74, 6) is 0.535. The van der Waals surface area contributed by atoms with Crippen LogP contribution in [0.3, 0.4) is 0 Å². The van der Waals surface area contributed by atoms with Crippen LogP contribution in [0, 0.1) is 5.92 Å². The van der Waals surface area contributed by atoms with Gasteiger partial charge in [0.05, 0.1) is 0 Å². The van der Waals surface area contributed by atoms with Gasteiger partial charge in [-0.25, -0.2) is 0 Å². The molecule has 130 valence electrons. The summed E-state index contributed by atoms with van der Waals surface area (Å²) in [7, 11) is 0. The molecule has 0 spiro atoms. The van der Waals surface area contributed by atoms with E-state index in [2.05, 4.69) is 12.2 Å². The Hall–Kier alpha value is -1.88. The molecule has 2 amide bonds. The number of amides is 2. The van der Waals surface area contributed by atoms with Crippen LogP contribution in [0.25, 0.3) is 0 Å². The lowest BCUT2D eigenvalue weighted by atomic mass is 9.95. The lowest BCUT2D eigenvalue weighted by Gasteiger charge is -2.32. The number of hydrogen-bond donors (Lipinski definition) is 1. The third kappa shape index (κ3) is 3.96. The molecule has 0 aliphatic carbocycles. The number of carbonyl (C=O) groups excluding carboxylic acids is 2. The Morgan fingerprint density at radius 3 is 2.92 bits per heavy atom. The molecule has 3 rings (SSSR count). The van der Waals surface area contributed by atoms with Crippen molar-refractivity contribution in [2.75, 3.05) is 25.0 Å². The Morgan fingerprint density at radius 2 is 2.17 bits per heavy atom. The summed E-state index contributed by atoms with van der Waals surface area (Å²) in [6, 6.07) is 7.22. The molecule has 2 saturated heterocycles. The van der Waals surface area contributed by atoms with Gasteiger partial charge in [0, 0.05) is 30.9 Å². The van der Waals surface area contributed by atoms with Gasteiger partial charge in [-0.15, -0.1) is 0 Å². The zero-order chi connectivity index (χ0) is 16.9. The predicted molar refractivity (Wildman–Crippen MR) is 93.0 cm³/mol. The van der Waals surface area contributed by atoms with E-state index in [4.69, 9.17) is 4.74 Å². The second kappa shape index (κ2) is 7.79. The number of nitrogens with zero attached hydrogens (tertiary/aromatic N) is 1. The fourth-order valence-electron chi connectivity index (χ4n) is 3.50. The van der Waals surface area contributed by atoms with Crippen molar-refractivity contribution < 1.29 is 14.3 Å². The number of carbonyl (C=O) groups is 2. The molecule has 2 atom stereocenters. The first kappa shape index (κ1) is 17.0. The summed E-state index contributed by atoms with van der Waals surface area (Å²) in [4.78, 5) is 26.8. The number of rotatable bonds is 4. The van der Waals surface area contributed by atoms with Gasteiger partial charge in [-0.05, 0) is 49.8 Å². The molecule has 2 fully saturated rings. The molecule has 5 nitrogen and oxygen atoms in total. The van der Waals surface area contributed by atoms with E-state index in [1.807, 2.05) is 23.1 Å². The number of piperidine rings is 1. The van der Waals surface area contributed by atoms with E-state index in [9.17, 15) is 9.59 Å². The molecule has 5 heteroatoms. The van der Waals surface area contributed by atoms with Gasteiger partial charge < -0.3 is 15.0 Å². The van der Waals surface area contributed by atoms with Crippen molar-refractivity contribution in [2.24, 2.45) is 5.92 Å². The van der Waals surface area contributed by atoms with Crippen LogP contribution >= 0.6 is 0 Å². The Bertz CT molecular complexity index is 596. The van der Waals surface area contributed by atoms with Gasteiger partial charge in [0.15, 0.2) is 0 Å². The molecule has 1 aromatic rings. The Kier molecular flexibility index (Phi) is 5.51. The first-order chi connectivity index (χ1) is 11.7. The highest BCUT2D eigenvalue weighted by molar-refractivity contribution is 5.98. The third-order valence-corrected chi connectivity index (χ3v) is 4.98. The quantitative estimate of drug-likeness (QED) is 0.923. The molecule has 0 saturated carbocycles. The van der Waals surface area contributed by atoms with E-state index < -0.39 is 0 Å². The summed E-state index contributed by atoms with van der Waals surface area (Å²) in [6.45, 7) is 4.48. The Morgan fingerprint density at radius 1 is 1.29 bits per heavy atom. The van der Waals surface area contributed by atoms with Crippen molar-refractivity contribution in [2.45, 2.75) is 45.1 Å². The van der Waals surface area contributed by atoms with Crippen molar-refractivity contribution in [3.8, 4) is 0 Å². The fourth-order valence-corrected chi connectivity index (χ4v) is 3.50. The number of likely N-dealkylation sites (tertiary alicyclic amines) is 1. The molecule has 0 unspecified atom stereocenters. The van der Waals surface area contributed by atoms with Gasteiger partial charge in [0.25, 0.3) is 11.8 Å². The largest absolute Gasteiger partial charge is 0.368 e. The topological polar surface area (TPSA) is 58.6 Å². The number of ether oxygens (including phenoxy) is 1. The maximum absolute atomic E-state index is 12.7. The molecule has 1 aromatic carbocycles. The van der Waals surface area contributed by atoms with Crippen LogP contribution in [0.15, 0.2) is 24.3 Å². The van der Waals surface area contributed by atoms with Crippen molar-refractivity contribution in [3.05, 3.63) is 29.8 Å². The smallest absolute Gasteiger partial charge is 0.253 e. The van der Waals surface area contributed by atoms with Crippen LogP contribution < -0.4 is 5.32 Å². The highest BCUT2D eigenvalue weighted by Crippen LogP contribution is 2.22. The highest BCUT2D eigenvalue weighted by Gasteiger charge is 2.25. The molecule has 2 aliphatic rings. The lowest BCUT2D eigenvalue weighted by molar-refractivity contribution is -0.124. The van der Waals surface area contributed by atoms with E-state index >= 15 is 0 Å². The SMILES string of the molecule is CC[C@@H]1CCCN(C(=O)c2cccc(NC(=O)[C@@H]3CCCO3)c2)C1. The molecule has 2 aliphatic heterocycles. The van der Waals surface area contributed by atoms with Gasteiger partial charge in [0.2, 0.25) is 0 Å². The molecule has 0 radical (unpaired) electrons. The summed E-state index contributed by atoms with van der Waals surface area (Å²) in [5.41, 5.74) is 1.29. The average molecular weight is 330 g/mol. The first-order valence-corrected chi connectivity index (χ1v) is 8.99. The maximum Gasteiger partial charge on any atom is 0.253 e. The van der Waals surface area contributed by atoms with Crippen molar-refractivity contribution in [3.63, 3.8) is 0 Å². The van der Waals surface area contributed by atoms with Gasteiger partial charge in [0.1, 0.15) is 6.10 Å². The summed E-state index contributed by atoms with van der Waals surface area (Å²) in [5, 5.41) is 2.87. The van der Waals surface area contributed by atoms with Gasteiger partial charge in [-0.2, -0.15) is 0 Å². The number of nitrogens with one attached hydrogen (secondary N) is 1. The molecule has 0 bridgehead atoms. The normalized spacial score (nSPS) is 24.0. The van der Waals surface area contributed by atoms with Crippen molar-refractivity contribution in [1.29, 1.82) is 0 Å². The molecular formula is C19H26N2O3. The third-order valence-electron chi connectivity index (χ3n) is 4.98. The van der Waals surface area contributed by atoms with E-state index in [0.717, 1.165) is 38.8 Å². The summed E-state index contributed by atoms with van der Waals surface area (Å²) < 4.78 is 5.40. The first-order valence-electron chi connectivity index (χ1n) is 8.99. The lowest BCUT2D eigenvalue weighted by Crippen LogP contribution is -2.39. The zero-order valence-corrected chi connectivity index (χ0v) is 14.3. The second-order valence-corrected chi connectivity index (χ2v) is 6.74. The minimum absolute atomic E-state index is 0.0568. The zero-order valence-electron chi connectivity index (χ0n) is 14.3. The molecule has 24 heavy (non-hydrogen) atoms. The Labute approximate surface area is 143 Å². The van der Waals surface area contributed by atoms with Crippen LogP contribution in [0.2, 0.25) is 0 Å². The average Bonchev–Trinajstić information content (AvgIpc) is 3.16. The monoisotopic (exact) mass is 330 g/mol. The fraction of sp³-hybridized carbons (Fsp3) is 0.579. The van der Waals surface area contributed by atoms with E-state index in [1.165, 1.54) is 6.42 Å². The van der Waals surface area contributed by atoms with Crippen molar-refractivity contribution >= 4 is 17.5 Å². The number of benzene rings is 1. The second-order valence-electron chi connectivity index (χ2n) is 6.74. The van der Waals surface area contributed by atoms with Crippen molar-refractivity contribution in [1.82, 2.24) is 4.90 Å². The molecular weight excluding hydrogens is 304 g/mol. The van der Waals surface area contributed by atoms with Crippen LogP contribution in [0.1, 0.15) is 49.4 Å². The maximum atomic E-state index is 12.7. The molecule has 1 N–H and O–H groups in total. The van der Waals surface area contributed by atoms with Crippen LogP contribution in [0.5, 0.6) is 0 Å². The van der Waals surface area contributed by atoms with Crippen LogP contribution in [-0.2, 0) is 9.53 Å². The number of anilines is 1.